The third-order valence-electron chi connectivity index (χ3n) is 1.73. The van der Waals surface area contributed by atoms with Crippen LogP contribution in [0.5, 0.6) is 0 Å². The zero-order chi connectivity index (χ0) is 8.72. The average Bonchev–Trinajstić information content (AvgIpc) is 2.28. The van der Waals surface area contributed by atoms with Crippen molar-refractivity contribution >= 4 is 45.2 Å². The fourth-order valence-electron chi connectivity index (χ4n) is 1.14. The highest BCUT2D eigenvalue weighted by Gasteiger charge is 2.05. The number of nitrogens with zero attached hydrogens (tertiary/aromatic N) is 1. The molecule has 0 bridgehead atoms. The lowest BCUT2D eigenvalue weighted by molar-refractivity contribution is 1.24. The van der Waals surface area contributed by atoms with E-state index in [0.717, 1.165) is 16.7 Å². The van der Waals surface area contributed by atoms with Gasteiger partial charge in [-0.15, -0.1) is 0 Å². The van der Waals surface area contributed by atoms with Gasteiger partial charge in [0.15, 0.2) is 0 Å². The SMILES string of the molecule is Cc1[nH]c2nc(Cl)ccc2c1I. The summed E-state index contributed by atoms with van der Waals surface area (Å²) in [5.74, 6) is 0. The molecule has 4 heteroatoms. The Labute approximate surface area is 88.5 Å². The molecule has 0 aliphatic heterocycles. The molecule has 0 radical (unpaired) electrons. The molecule has 0 unspecified atom stereocenters. The Kier molecular flexibility index (Phi) is 2.00. The lowest BCUT2D eigenvalue weighted by Gasteiger charge is -1.89. The van der Waals surface area contributed by atoms with Crippen LogP contribution < -0.4 is 0 Å². The summed E-state index contributed by atoms with van der Waals surface area (Å²) in [5, 5.41) is 1.66. The summed E-state index contributed by atoms with van der Waals surface area (Å²) in [6, 6.07) is 3.79. The molecule has 0 atom stereocenters. The Balaban J connectivity index is 2.87. The van der Waals surface area contributed by atoms with Gasteiger partial charge in [-0.05, 0) is 41.6 Å². The third-order valence-corrected chi connectivity index (χ3v) is 3.33. The van der Waals surface area contributed by atoms with Gasteiger partial charge in [-0.1, -0.05) is 11.6 Å². The highest BCUT2D eigenvalue weighted by atomic mass is 127. The highest BCUT2D eigenvalue weighted by molar-refractivity contribution is 14.1. The van der Waals surface area contributed by atoms with E-state index in [0.29, 0.717) is 5.15 Å². The fourth-order valence-corrected chi connectivity index (χ4v) is 1.86. The van der Waals surface area contributed by atoms with Crippen molar-refractivity contribution < 1.29 is 0 Å². The summed E-state index contributed by atoms with van der Waals surface area (Å²) >= 11 is 8.04. The van der Waals surface area contributed by atoms with Crippen molar-refractivity contribution in [3.8, 4) is 0 Å². The molecule has 2 aromatic rings. The molecule has 0 saturated carbocycles. The molecule has 0 spiro atoms. The lowest BCUT2D eigenvalue weighted by atomic mass is 10.3. The largest absolute Gasteiger partial charge is 0.342 e. The Morgan fingerprint density at radius 1 is 1.50 bits per heavy atom. The number of hydrogen-bond donors (Lipinski definition) is 1. The van der Waals surface area contributed by atoms with E-state index in [4.69, 9.17) is 11.6 Å². The zero-order valence-electron chi connectivity index (χ0n) is 6.36. The summed E-state index contributed by atoms with van der Waals surface area (Å²) in [6.07, 6.45) is 0. The molecule has 2 heterocycles. The number of pyridine rings is 1. The minimum atomic E-state index is 0.528. The van der Waals surface area contributed by atoms with Gasteiger partial charge >= 0.3 is 0 Å². The summed E-state index contributed by atoms with van der Waals surface area (Å²) in [4.78, 5) is 7.33. The van der Waals surface area contributed by atoms with Crippen LogP contribution in [0.4, 0.5) is 0 Å². The van der Waals surface area contributed by atoms with Crippen molar-refractivity contribution in [1.82, 2.24) is 9.97 Å². The summed E-state index contributed by atoms with van der Waals surface area (Å²) < 4.78 is 1.21. The molecule has 2 rings (SSSR count). The Hall–Kier alpha value is -0.290. The molecule has 0 amide bonds. The number of halogens is 2. The van der Waals surface area contributed by atoms with E-state index in [1.807, 2.05) is 13.0 Å². The molecule has 0 aliphatic rings. The van der Waals surface area contributed by atoms with Crippen molar-refractivity contribution in [2.45, 2.75) is 6.92 Å². The van der Waals surface area contributed by atoms with E-state index in [9.17, 15) is 0 Å². The van der Waals surface area contributed by atoms with E-state index >= 15 is 0 Å². The number of aromatic nitrogens is 2. The van der Waals surface area contributed by atoms with Crippen LogP contribution in [0.3, 0.4) is 0 Å². The zero-order valence-corrected chi connectivity index (χ0v) is 9.27. The van der Waals surface area contributed by atoms with Crippen LogP contribution in [0.1, 0.15) is 5.69 Å². The van der Waals surface area contributed by atoms with Gasteiger partial charge < -0.3 is 4.98 Å². The van der Waals surface area contributed by atoms with Crippen molar-refractivity contribution in [2.75, 3.05) is 0 Å². The first-order chi connectivity index (χ1) is 5.68. The number of hydrogen-bond acceptors (Lipinski definition) is 1. The van der Waals surface area contributed by atoms with Gasteiger partial charge in [0.2, 0.25) is 0 Å². The quantitative estimate of drug-likeness (QED) is 0.586. The monoisotopic (exact) mass is 292 g/mol. The van der Waals surface area contributed by atoms with Crippen molar-refractivity contribution in [3.63, 3.8) is 0 Å². The summed E-state index contributed by atoms with van der Waals surface area (Å²) in [5.41, 5.74) is 2.00. The van der Waals surface area contributed by atoms with E-state index in [1.165, 1.54) is 3.57 Å². The van der Waals surface area contributed by atoms with Crippen molar-refractivity contribution in [1.29, 1.82) is 0 Å². The maximum atomic E-state index is 5.75. The van der Waals surface area contributed by atoms with Crippen LogP contribution in [0, 0.1) is 10.5 Å². The fraction of sp³-hybridized carbons (Fsp3) is 0.125. The van der Waals surface area contributed by atoms with E-state index in [2.05, 4.69) is 32.6 Å². The Morgan fingerprint density at radius 2 is 2.25 bits per heavy atom. The molecule has 62 valence electrons. The standard InChI is InChI=1S/C8H6ClIN2/c1-4-7(10)5-2-3-6(9)12-8(5)11-4/h2-3H,1H3,(H,11,12). The highest BCUT2D eigenvalue weighted by Crippen LogP contribution is 2.23. The smallest absolute Gasteiger partial charge is 0.140 e. The van der Waals surface area contributed by atoms with Crippen LogP contribution in [-0.4, -0.2) is 9.97 Å². The second kappa shape index (κ2) is 2.88. The first-order valence-electron chi connectivity index (χ1n) is 3.49. The van der Waals surface area contributed by atoms with E-state index in [1.54, 1.807) is 6.07 Å². The number of H-pyrrole nitrogens is 1. The number of fused-ring (bicyclic) bond motifs is 1. The molecule has 0 aliphatic carbocycles. The normalized spacial score (nSPS) is 10.9. The molecule has 0 fully saturated rings. The maximum absolute atomic E-state index is 5.75. The second-order valence-electron chi connectivity index (χ2n) is 2.59. The van der Waals surface area contributed by atoms with E-state index in [-0.39, 0.29) is 0 Å². The van der Waals surface area contributed by atoms with Crippen LogP contribution >= 0.6 is 34.2 Å². The number of rotatable bonds is 0. The van der Waals surface area contributed by atoms with Gasteiger partial charge in [-0.2, -0.15) is 0 Å². The van der Waals surface area contributed by atoms with Crippen LogP contribution in [0.25, 0.3) is 11.0 Å². The van der Waals surface area contributed by atoms with Gasteiger partial charge in [0.1, 0.15) is 10.8 Å². The first kappa shape index (κ1) is 8.31. The number of aromatic amines is 1. The molecule has 2 nitrogen and oxygen atoms in total. The minimum Gasteiger partial charge on any atom is -0.342 e. The minimum absolute atomic E-state index is 0.528. The second-order valence-corrected chi connectivity index (χ2v) is 4.06. The van der Waals surface area contributed by atoms with Gasteiger partial charge in [-0.3, -0.25) is 0 Å². The lowest BCUT2D eigenvalue weighted by Crippen LogP contribution is -1.76. The number of nitrogens with one attached hydrogen (secondary N) is 1. The van der Waals surface area contributed by atoms with Gasteiger partial charge in [-0.25, -0.2) is 4.98 Å². The molecule has 1 N–H and O–H groups in total. The van der Waals surface area contributed by atoms with Gasteiger partial charge in [0.25, 0.3) is 0 Å². The topological polar surface area (TPSA) is 28.7 Å². The predicted molar refractivity (Wildman–Crippen MR) is 58.6 cm³/mol. The van der Waals surface area contributed by atoms with Crippen molar-refractivity contribution in [2.24, 2.45) is 0 Å². The molecule has 0 aromatic carbocycles. The summed E-state index contributed by atoms with van der Waals surface area (Å²) in [7, 11) is 0. The molecular formula is C8H6ClIN2. The predicted octanol–water partition coefficient (Wildman–Crippen LogP) is 3.13. The Bertz CT molecular complexity index is 436. The van der Waals surface area contributed by atoms with Crippen molar-refractivity contribution in [3.05, 3.63) is 26.5 Å². The van der Waals surface area contributed by atoms with Gasteiger partial charge in [0.05, 0.1) is 0 Å². The molecule has 2 aromatic heterocycles. The maximum Gasteiger partial charge on any atom is 0.140 e. The van der Waals surface area contributed by atoms with Gasteiger partial charge in [0, 0.05) is 14.7 Å². The summed E-state index contributed by atoms with van der Waals surface area (Å²) in [6.45, 7) is 2.03. The first-order valence-corrected chi connectivity index (χ1v) is 4.94. The molecular weight excluding hydrogens is 286 g/mol. The van der Waals surface area contributed by atoms with Crippen LogP contribution in [0.2, 0.25) is 5.15 Å². The van der Waals surface area contributed by atoms with Crippen LogP contribution in [-0.2, 0) is 0 Å². The number of aryl methyl sites for hydroxylation is 1. The Morgan fingerprint density at radius 3 is 3.00 bits per heavy atom. The molecule has 12 heavy (non-hydrogen) atoms. The molecule has 0 saturated heterocycles. The third kappa shape index (κ3) is 1.21. The van der Waals surface area contributed by atoms with Crippen LogP contribution in [0.15, 0.2) is 12.1 Å². The van der Waals surface area contributed by atoms with E-state index < -0.39 is 0 Å². The average molecular weight is 293 g/mol.